The quantitative estimate of drug-likeness (QED) is 0.484. The first-order valence-corrected chi connectivity index (χ1v) is 14.6. The predicted molar refractivity (Wildman–Crippen MR) is 151 cm³/mol. The monoisotopic (exact) mass is 539 g/mol. The number of rotatable bonds is 5. The van der Waals surface area contributed by atoms with Crippen molar-refractivity contribution < 1.29 is 19.7 Å². The Hall–Kier alpha value is -3.29. The number of fused-ring (bicyclic) bond motifs is 6. The molecular weight excluding hydrogens is 502 g/mol. The Morgan fingerprint density at radius 1 is 1.12 bits per heavy atom. The molecule has 2 heterocycles. The molecule has 0 radical (unpaired) electrons. The van der Waals surface area contributed by atoms with E-state index in [9.17, 15) is 15.0 Å². The van der Waals surface area contributed by atoms with Crippen LogP contribution in [-0.2, 0) is 11.2 Å². The zero-order chi connectivity index (χ0) is 27.7. The molecule has 4 aliphatic carbocycles. The molecule has 3 fully saturated rings. The van der Waals surface area contributed by atoms with Gasteiger partial charge in [0.2, 0.25) is 11.7 Å². The average Bonchev–Trinajstić information content (AvgIpc) is 3.48. The number of carbonyl (C=O) groups is 1. The molecule has 4 aliphatic rings. The maximum atomic E-state index is 13.5. The maximum absolute atomic E-state index is 13.5. The van der Waals surface area contributed by atoms with Gasteiger partial charge in [0, 0.05) is 17.7 Å². The van der Waals surface area contributed by atoms with E-state index in [4.69, 9.17) is 9.84 Å². The molecule has 0 aliphatic heterocycles. The molecule has 7 atom stereocenters. The molecule has 0 amide bonds. The second-order valence-corrected chi connectivity index (χ2v) is 12.9. The smallest absolute Gasteiger partial charge is 0.213 e. The van der Waals surface area contributed by atoms with Gasteiger partial charge in [-0.05, 0) is 91.5 Å². The van der Waals surface area contributed by atoms with Crippen LogP contribution in [0.5, 0.6) is 5.88 Å². The Bertz CT molecular complexity index is 1470. The molecule has 2 N–H and O–H groups in total. The fraction of sp³-hybridized carbons (Fsp3) is 0.485. The number of aromatic nitrogens is 3. The number of ether oxygens (including phenoxy) is 1. The van der Waals surface area contributed by atoms with Gasteiger partial charge in [0.25, 0.3) is 0 Å². The van der Waals surface area contributed by atoms with Gasteiger partial charge in [0.1, 0.15) is 5.60 Å². The third-order valence-electron chi connectivity index (χ3n) is 11.0. The molecule has 1 aromatic carbocycles. The van der Waals surface area contributed by atoms with Gasteiger partial charge in [0.15, 0.2) is 6.61 Å². The van der Waals surface area contributed by atoms with Gasteiger partial charge in [-0.3, -0.25) is 4.79 Å². The third-order valence-corrected chi connectivity index (χ3v) is 11.0. The van der Waals surface area contributed by atoms with Crippen LogP contribution in [0.4, 0.5) is 0 Å². The minimum absolute atomic E-state index is 0.0704. The van der Waals surface area contributed by atoms with Gasteiger partial charge < -0.3 is 14.9 Å². The maximum Gasteiger partial charge on any atom is 0.213 e. The normalized spacial score (nSPS) is 36.0. The molecule has 40 heavy (non-hydrogen) atoms. The molecule has 0 spiro atoms. The number of pyridine rings is 1. The Morgan fingerprint density at radius 3 is 2.70 bits per heavy atom. The fourth-order valence-electron chi connectivity index (χ4n) is 9.11. The van der Waals surface area contributed by atoms with Gasteiger partial charge in [0.05, 0.1) is 23.7 Å². The summed E-state index contributed by atoms with van der Waals surface area (Å²) in [6.45, 7) is 4.12. The lowest BCUT2D eigenvalue weighted by atomic mass is 9.45. The number of aliphatic hydroxyl groups is 2. The molecule has 7 nitrogen and oxygen atoms in total. The predicted octanol–water partition coefficient (Wildman–Crippen LogP) is 4.80. The van der Waals surface area contributed by atoms with Crippen molar-refractivity contribution in [3.63, 3.8) is 0 Å². The number of para-hydroxylation sites is 1. The molecule has 3 saturated carbocycles. The molecule has 7 heteroatoms. The highest BCUT2D eigenvalue weighted by Gasteiger charge is 2.68. The van der Waals surface area contributed by atoms with Crippen LogP contribution in [0.3, 0.4) is 0 Å². The number of hydrogen-bond donors (Lipinski definition) is 2. The van der Waals surface area contributed by atoms with Crippen molar-refractivity contribution in [1.29, 1.82) is 0 Å². The minimum Gasteiger partial charge on any atom is -0.470 e. The van der Waals surface area contributed by atoms with Crippen molar-refractivity contribution >= 4 is 11.9 Å². The van der Waals surface area contributed by atoms with E-state index in [1.54, 1.807) is 24.4 Å². The first-order chi connectivity index (χ1) is 19.2. The number of hydrogen-bond acceptors (Lipinski definition) is 6. The third kappa shape index (κ3) is 3.60. The number of ketones is 1. The van der Waals surface area contributed by atoms with Gasteiger partial charge in [-0.2, -0.15) is 5.10 Å². The summed E-state index contributed by atoms with van der Waals surface area (Å²) < 4.78 is 7.68. The highest BCUT2D eigenvalue weighted by atomic mass is 16.5. The van der Waals surface area contributed by atoms with Crippen molar-refractivity contribution in [1.82, 2.24) is 14.8 Å². The summed E-state index contributed by atoms with van der Waals surface area (Å²) in [6.07, 6.45) is 9.64. The first kappa shape index (κ1) is 25.7. The van der Waals surface area contributed by atoms with Crippen LogP contribution in [0, 0.1) is 28.6 Å². The highest BCUT2D eigenvalue weighted by Crippen LogP contribution is 2.67. The minimum atomic E-state index is -1.52. The average molecular weight is 540 g/mol. The number of benzene rings is 1. The number of allylic oxidation sites excluding steroid dienone is 1. The molecular formula is C33H37N3O4. The topological polar surface area (TPSA) is 97.5 Å². The van der Waals surface area contributed by atoms with E-state index in [1.165, 1.54) is 11.1 Å². The lowest BCUT2D eigenvalue weighted by Crippen LogP contribution is -2.62. The van der Waals surface area contributed by atoms with Crippen LogP contribution in [0.15, 0.2) is 66.5 Å². The van der Waals surface area contributed by atoms with Gasteiger partial charge in [-0.25, -0.2) is 9.67 Å². The zero-order valence-corrected chi connectivity index (χ0v) is 23.2. The van der Waals surface area contributed by atoms with Gasteiger partial charge in [-0.15, -0.1) is 0 Å². The summed E-state index contributed by atoms with van der Waals surface area (Å²) >= 11 is 0. The van der Waals surface area contributed by atoms with Crippen LogP contribution in [0.25, 0.3) is 11.8 Å². The molecule has 7 unspecified atom stereocenters. The van der Waals surface area contributed by atoms with Crippen LogP contribution < -0.4 is 4.74 Å². The summed E-state index contributed by atoms with van der Waals surface area (Å²) in [5.74, 6) is 0.527. The van der Waals surface area contributed by atoms with E-state index in [0.29, 0.717) is 18.7 Å². The molecule has 7 rings (SSSR count). The van der Waals surface area contributed by atoms with Crippen LogP contribution >= 0.6 is 0 Å². The van der Waals surface area contributed by atoms with E-state index in [-0.39, 0.29) is 35.6 Å². The highest BCUT2D eigenvalue weighted by molar-refractivity contribution is 5.90. The summed E-state index contributed by atoms with van der Waals surface area (Å²) in [7, 11) is 0. The number of Topliss-reactive ketones (excluding diaryl/α,β-unsaturated/α-hetero) is 1. The Labute approximate surface area is 234 Å². The fourth-order valence-corrected chi connectivity index (χ4v) is 9.11. The summed E-state index contributed by atoms with van der Waals surface area (Å²) in [5.41, 5.74) is 2.37. The Balaban J connectivity index is 1.17. The first-order valence-electron chi connectivity index (χ1n) is 14.6. The molecule has 2 aromatic heterocycles. The van der Waals surface area contributed by atoms with E-state index in [0.717, 1.165) is 37.1 Å². The largest absolute Gasteiger partial charge is 0.470 e. The van der Waals surface area contributed by atoms with Crippen molar-refractivity contribution in [2.24, 2.45) is 28.6 Å². The van der Waals surface area contributed by atoms with Crippen molar-refractivity contribution in [2.45, 2.75) is 64.1 Å². The number of carbonyl (C=O) groups excluding carboxylic acids is 1. The standard InChI is InChI=1S/C33H37N3O4/c1-31-17-21-19-35-36(23-8-4-3-5-9-23)26(21)16-22(31)11-12-24-25-13-14-33(39,32(25,2)18-27(37)30(24)31)28(38)20-40-29-10-6-7-15-34-29/h3-10,15-16,19,24-25,27,30,37,39H,11-14,17-18,20H2,1-2H3. The summed E-state index contributed by atoms with van der Waals surface area (Å²) in [6, 6.07) is 15.5. The van der Waals surface area contributed by atoms with Crippen molar-refractivity contribution in [3.8, 4) is 11.6 Å². The molecule has 0 saturated heterocycles. The van der Waals surface area contributed by atoms with Crippen LogP contribution in [0.1, 0.15) is 57.2 Å². The van der Waals surface area contributed by atoms with E-state index in [1.807, 2.05) is 36.0 Å². The Morgan fingerprint density at radius 2 is 1.93 bits per heavy atom. The molecule has 3 aromatic rings. The van der Waals surface area contributed by atoms with Gasteiger partial charge in [-0.1, -0.05) is 43.7 Å². The Kier molecular flexibility index (Phi) is 5.85. The van der Waals surface area contributed by atoms with E-state index >= 15 is 0 Å². The van der Waals surface area contributed by atoms with Gasteiger partial charge >= 0.3 is 0 Å². The molecule has 208 valence electrons. The second-order valence-electron chi connectivity index (χ2n) is 12.9. The summed E-state index contributed by atoms with van der Waals surface area (Å²) in [5, 5.41) is 28.6. The molecule has 0 bridgehead atoms. The number of aliphatic hydroxyl groups excluding tert-OH is 1. The van der Waals surface area contributed by atoms with Crippen molar-refractivity contribution in [2.75, 3.05) is 6.61 Å². The van der Waals surface area contributed by atoms with E-state index in [2.05, 4.69) is 30.1 Å². The second kappa shape index (κ2) is 9.11. The van der Waals surface area contributed by atoms with Crippen LogP contribution in [-0.4, -0.2) is 49.1 Å². The van der Waals surface area contributed by atoms with Crippen molar-refractivity contribution in [3.05, 3.63) is 77.8 Å². The lowest BCUT2D eigenvalue weighted by Gasteiger charge is -2.60. The lowest BCUT2D eigenvalue weighted by molar-refractivity contribution is -0.180. The zero-order valence-electron chi connectivity index (χ0n) is 23.2. The van der Waals surface area contributed by atoms with Crippen LogP contribution in [0.2, 0.25) is 0 Å². The SMILES string of the molecule is CC12Cc3cnn(-c4ccccc4)c3C=C1CCC1C2C(O)CC2(C)C1CCC2(O)C(=O)COc1ccccn1. The summed E-state index contributed by atoms with van der Waals surface area (Å²) in [4.78, 5) is 17.7. The van der Waals surface area contributed by atoms with E-state index < -0.39 is 17.1 Å². The number of nitrogens with zero attached hydrogens (tertiary/aromatic N) is 3.